The minimum Gasteiger partial charge on any atom is -0.486 e. The Balaban J connectivity index is 1.38. The third kappa shape index (κ3) is 5.46. The molecule has 9 heteroatoms. The van der Waals surface area contributed by atoms with Crippen LogP contribution in [0, 0.1) is 6.92 Å². The summed E-state index contributed by atoms with van der Waals surface area (Å²) in [5, 5.41) is 8.22. The molecule has 0 unspecified atom stereocenters. The SMILES string of the molecule is Cc1cccc(OCc2ccc(C(=O)Nc3nn(Cc4ccc(Cl)c(Cl)c4)cc3Cl)o2)c1. The highest BCUT2D eigenvalue weighted by Crippen LogP contribution is 2.25. The van der Waals surface area contributed by atoms with Gasteiger partial charge in [-0.2, -0.15) is 5.10 Å². The van der Waals surface area contributed by atoms with Crippen LogP contribution in [0.2, 0.25) is 15.1 Å². The summed E-state index contributed by atoms with van der Waals surface area (Å²) in [6.45, 7) is 2.60. The van der Waals surface area contributed by atoms with E-state index in [1.807, 2.05) is 37.3 Å². The molecule has 0 atom stereocenters. The first kappa shape index (κ1) is 22.3. The molecule has 2 heterocycles. The summed E-state index contributed by atoms with van der Waals surface area (Å²) in [6.07, 6.45) is 1.61. The standard InChI is InChI=1S/C23H18Cl3N3O3/c1-14-3-2-4-16(9-14)31-13-17-6-8-21(32-17)23(30)27-22-20(26)12-29(28-22)11-15-5-7-18(24)19(25)10-15/h2-10,12H,11,13H2,1H3,(H,27,28,30). The lowest BCUT2D eigenvalue weighted by Crippen LogP contribution is -2.12. The molecule has 0 fully saturated rings. The van der Waals surface area contributed by atoms with Gasteiger partial charge in [-0.15, -0.1) is 0 Å². The third-order valence-electron chi connectivity index (χ3n) is 4.53. The van der Waals surface area contributed by atoms with Crippen molar-refractivity contribution in [3.63, 3.8) is 0 Å². The van der Waals surface area contributed by atoms with Gasteiger partial charge in [-0.3, -0.25) is 9.48 Å². The van der Waals surface area contributed by atoms with Gasteiger partial charge in [0.1, 0.15) is 23.1 Å². The molecule has 1 amide bonds. The van der Waals surface area contributed by atoms with Crippen LogP contribution in [0.3, 0.4) is 0 Å². The molecular weight excluding hydrogens is 473 g/mol. The molecule has 4 rings (SSSR count). The van der Waals surface area contributed by atoms with E-state index >= 15 is 0 Å². The Morgan fingerprint density at radius 1 is 1.06 bits per heavy atom. The molecule has 32 heavy (non-hydrogen) atoms. The number of rotatable bonds is 7. The highest BCUT2D eigenvalue weighted by molar-refractivity contribution is 6.42. The zero-order valence-corrected chi connectivity index (χ0v) is 19.2. The number of aryl methyl sites for hydroxylation is 1. The van der Waals surface area contributed by atoms with Crippen molar-refractivity contribution >= 4 is 46.5 Å². The number of nitrogens with zero attached hydrogens (tertiary/aromatic N) is 2. The zero-order chi connectivity index (χ0) is 22.7. The van der Waals surface area contributed by atoms with E-state index in [1.165, 1.54) is 0 Å². The first-order valence-electron chi connectivity index (χ1n) is 9.64. The van der Waals surface area contributed by atoms with Gasteiger partial charge in [-0.05, 0) is 54.4 Å². The van der Waals surface area contributed by atoms with E-state index in [-0.39, 0.29) is 18.2 Å². The van der Waals surface area contributed by atoms with Crippen LogP contribution in [-0.2, 0) is 13.2 Å². The lowest BCUT2D eigenvalue weighted by Gasteiger charge is -2.05. The van der Waals surface area contributed by atoms with Crippen LogP contribution < -0.4 is 10.1 Å². The molecule has 0 radical (unpaired) electrons. The van der Waals surface area contributed by atoms with Gasteiger partial charge in [0.05, 0.1) is 16.6 Å². The molecule has 0 saturated heterocycles. The molecule has 2 aromatic heterocycles. The Labute approximate surface area is 199 Å². The van der Waals surface area contributed by atoms with Crippen LogP contribution in [0.1, 0.15) is 27.4 Å². The fourth-order valence-electron chi connectivity index (χ4n) is 2.99. The van der Waals surface area contributed by atoms with Gasteiger partial charge in [-0.25, -0.2) is 0 Å². The Morgan fingerprint density at radius 2 is 1.91 bits per heavy atom. The predicted molar refractivity (Wildman–Crippen MR) is 125 cm³/mol. The number of carbonyl (C=O) groups excluding carboxylic acids is 1. The van der Waals surface area contributed by atoms with Gasteiger partial charge in [-0.1, -0.05) is 53.0 Å². The second kappa shape index (κ2) is 9.69. The maximum Gasteiger partial charge on any atom is 0.292 e. The monoisotopic (exact) mass is 489 g/mol. The maximum absolute atomic E-state index is 12.6. The molecular formula is C23H18Cl3N3O3. The lowest BCUT2D eigenvalue weighted by molar-refractivity contribution is 0.0992. The zero-order valence-electron chi connectivity index (χ0n) is 16.9. The first-order chi connectivity index (χ1) is 15.4. The largest absolute Gasteiger partial charge is 0.486 e. The van der Waals surface area contributed by atoms with Crippen molar-refractivity contribution in [3.8, 4) is 5.75 Å². The minimum atomic E-state index is -0.464. The molecule has 164 valence electrons. The second-order valence-corrected chi connectivity index (χ2v) is 8.32. The predicted octanol–water partition coefficient (Wildman–Crippen LogP) is 6.62. The molecule has 6 nitrogen and oxygen atoms in total. The molecule has 0 saturated carbocycles. The molecule has 4 aromatic rings. The summed E-state index contributed by atoms with van der Waals surface area (Å²) < 4.78 is 12.9. The van der Waals surface area contributed by atoms with Crippen molar-refractivity contribution < 1.29 is 13.9 Å². The number of ether oxygens (including phenoxy) is 1. The van der Waals surface area contributed by atoms with Crippen LogP contribution in [-0.4, -0.2) is 15.7 Å². The number of amides is 1. The number of furan rings is 1. The maximum atomic E-state index is 12.6. The number of hydrogen-bond donors (Lipinski definition) is 1. The fourth-order valence-corrected chi connectivity index (χ4v) is 3.51. The Morgan fingerprint density at radius 3 is 2.69 bits per heavy atom. The Bertz CT molecular complexity index is 1270. The molecule has 0 bridgehead atoms. The van der Waals surface area contributed by atoms with Gasteiger partial charge in [0.2, 0.25) is 0 Å². The third-order valence-corrected chi connectivity index (χ3v) is 5.55. The lowest BCUT2D eigenvalue weighted by atomic mass is 10.2. The number of halogens is 3. The van der Waals surface area contributed by atoms with Crippen molar-refractivity contribution in [2.24, 2.45) is 0 Å². The van der Waals surface area contributed by atoms with Gasteiger partial charge < -0.3 is 14.5 Å². The first-order valence-corrected chi connectivity index (χ1v) is 10.8. The average molecular weight is 491 g/mol. The van der Waals surface area contributed by atoms with E-state index < -0.39 is 5.91 Å². The van der Waals surface area contributed by atoms with Gasteiger partial charge in [0, 0.05) is 6.20 Å². The van der Waals surface area contributed by atoms with Crippen molar-refractivity contribution in [2.45, 2.75) is 20.1 Å². The van der Waals surface area contributed by atoms with Crippen LogP contribution in [0.4, 0.5) is 5.82 Å². The van der Waals surface area contributed by atoms with Crippen molar-refractivity contribution in [1.82, 2.24) is 9.78 Å². The second-order valence-electron chi connectivity index (χ2n) is 7.10. The van der Waals surface area contributed by atoms with Gasteiger partial charge in [0.25, 0.3) is 5.91 Å². The van der Waals surface area contributed by atoms with Crippen LogP contribution >= 0.6 is 34.8 Å². The van der Waals surface area contributed by atoms with Crippen LogP contribution in [0.15, 0.2) is 65.2 Å². The van der Waals surface area contributed by atoms with Crippen molar-refractivity contribution in [2.75, 3.05) is 5.32 Å². The summed E-state index contributed by atoms with van der Waals surface area (Å²) in [5.74, 6) is 1.14. The molecule has 0 spiro atoms. The summed E-state index contributed by atoms with van der Waals surface area (Å²) >= 11 is 18.2. The minimum absolute atomic E-state index is 0.128. The van der Waals surface area contributed by atoms with Gasteiger partial charge >= 0.3 is 0 Å². The fraction of sp³-hybridized carbons (Fsp3) is 0.130. The number of anilines is 1. The van der Waals surface area contributed by atoms with E-state index in [0.29, 0.717) is 27.4 Å². The highest BCUT2D eigenvalue weighted by Gasteiger charge is 2.16. The number of benzene rings is 2. The van der Waals surface area contributed by atoms with E-state index in [2.05, 4.69) is 10.4 Å². The van der Waals surface area contributed by atoms with Crippen LogP contribution in [0.25, 0.3) is 0 Å². The van der Waals surface area contributed by atoms with Crippen molar-refractivity contribution in [3.05, 3.63) is 98.5 Å². The number of nitrogens with one attached hydrogen (secondary N) is 1. The molecule has 0 aliphatic rings. The topological polar surface area (TPSA) is 69.3 Å². The highest BCUT2D eigenvalue weighted by atomic mass is 35.5. The molecule has 2 aromatic carbocycles. The summed E-state index contributed by atoms with van der Waals surface area (Å²) in [7, 11) is 0. The number of aromatic nitrogens is 2. The van der Waals surface area contributed by atoms with Gasteiger partial charge in [0.15, 0.2) is 11.6 Å². The number of carbonyl (C=O) groups is 1. The van der Waals surface area contributed by atoms with E-state index in [0.717, 1.165) is 16.9 Å². The summed E-state index contributed by atoms with van der Waals surface area (Å²) in [6, 6.07) is 16.2. The Kier molecular flexibility index (Phi) is 6.74. The van der Waals surface area contributed by atoms with Crippen molar-refractivity contribution in [1.29, 1.82) is 0 Å². The summed E-state index contributed by atoms with van der Waals surface area (Å²) in [5.41, 5.74) is 1.98. The quantitative estimate of drug-likeness (QED) is 0.316. The summed E-state index contributed by atoms with van der Waals surface area (Å²) in [4.78, 5) is 12.6. The average Bonchev–Trinajstić information content (AvgIpc) is 3.36. The molecule has 0 aliphatic heterocycles. The smallest absolute Gasteiger partial charge is 0.292 e. The van der Waals surface area contributed by atoms with Crippen LogP contribution in [0.5, 0.6) is 5.75 Å². The number of hydrogen-bond acceptors (Lipinski definition) is 4. The van der Waals surface area contributed by atoms with E-state index in [4.69, 9.17) is 44.0 Å². The van der Waals surface area contributed by atoms with E-state index in [1.54, 1.807) is 35.1 Å². The van der Waals surface area contributed by atoms with E-state index in [9.17, 15) is 4.79 Å². The molecule has 1 N–H and O–H groups in total. The molecule has 0 aliphatic carbocycles. The normalized spacial score (nSPS) is 10.9. The Hall–Kier alpha value is -2.93.